The number of para-hydroxylation sites is 2. The van der Waals surface area contributed by atoms with Gasteiger partial charge in [0.25, 0.3) is 5.89 Å². The van der Waals surface area contributed by atoms with Crippen LogP contribution in [0, 0.1) is 0 Å². The number of nitrogens with zero attached hydrogens (tertiary/aromatic N) is 3. The lowest BCUT2D eigenvalue weighted by Crippen LogP contribution is -2.15. The average molecular weight is 437 g/mol. The second-order valence-corrected chi connectivity index (χ2v) is 6.36. The zero-order valence-electron chi connectivity index (χ0n) is 15.0. The van der Waals surface area contributed by atoms with Crippen LogP contribution in [-0.4, -0.2) is 34.1 Å². The summed E-state index contributed by atoms with van der Waals surface area (Å²) in [7, 11) is 1.50. The Bertz CT molecular complexity index is 1040. The molecule has 3 rings (SSSR count). The fourth-order valence-corrected chi connectivity index (χ4v) is 2.59. The van der Waals surface area contributed by atoms with Crippen LogP contribution in [0.25, 0.3) is 0 Å². The van der Waals surface area contributed by atoms with E-state index in [0.29, 0.717) is 11.4 Å². The van der Waals surface area contributed by atoms with Crippen LogP contribution in [0.15, 0.2) is 40.9 Å². The number of anilines is 1. The van der Waals surface area contributed by atoms with E-state index < -0.39 is 5.97 Å². The van der Waals surface area contributed by atoms with E-state index in [2.05, 4.69) is 20.4 Å². The highest BCUT2D eigenvalue weighted by molar-refractivity contribution is 6.34. The third-order valence-electron chi connectivity index (χ3n) is 3.54. The molecule has 0 unspecified atom stereocenters. The van der Waals surface area contributed by atoms with E-state index in [-0.39, 0.29) is 46.5 Å². The zero-order chi connectivity index (χ0) is 20.8. The third kappa shape index (κ3) is 5.43. The van der Waals surface area contributed by atoms with Crippen LogP contribution in [0.2, 0.25) is 10.2 Å². The number of rotatable bonds is 7. The Morgan fingerprint density at radius 2 is 1.93 bits per heavy atom. The van der Waals surface area contributed by atoms with Crippen molar-refractivity contribution in [3.63, 3.8) is 0 Å². The molecule has 0 bridgehead atoms. The molecule has 0 aliphatic heterocycles. The predicted molar refractivity (Wildman–Crippen MR) is 103 cm³/mol. The predicted octanol–water partition coefficient (Wildman–Crippen LogP) is 3.32. The Morgan fingerprint density at radius 3 is 2.72 bits per heavy atom. The molecule has 2 aromatic heterocycles. The summed E-state index contributed by atoms with van der Waals surface area (Å²) in [6.07, 6.45) is -0.142. The number of halogens is 2. The number of hydrogen-bond donors (Lipinski definition) is 1. The minimum Gasteiger partial charge on any atom is -0.495 e. The number of ether oxygens (including phenoxy) is 2. The van der Waals surface area contributed by atoms with Gasteiger partial charge in [-0.3, -0.25) is 4.79 Å². The molecule has 1 N–H and O–H groups in total. The fourth-order valence-electron chi connectivity index (χ4n) is 2.26. The second kappa shape index (κ2) is 9.35. The van der Waals surface area contributed by atoms with Crippen molar-refractivity contribution in [1.82, 2.24) is 15.1 Å². The number of methoxy groups -OCH3 is 1. The Hall–Kier alpha value is -3.17. The van der Waals surface area contributed by atoms with Gasteiger partial charge in [0.05, 0.1) is 24.2 Å². The third-order valence-corrected chi connectivity index (χ3v) is 4.06. The molecule has 0 saturated carbocycles. The van der Waals surface area contributed by atoms with Gasteiger partial charge in [-0.1, -0.05) is 40.5 Å². The molecule has 0 spiro atoms. The molecular weight excluding hydrogens is 423 g/mol. The summed E-state index contributed by atoms with van der Waals surface area (Å²) < 4.78 is 15.2. The maximum Gasteiger partial charge on any atom is 0.359 e. The lowest BCUT2D eigenvalue weighted by atomic mass is 10.2. The van der Waals surface area contributed by atoms with Gasteiger partial charge in [-0.05, 0) is 24.3 Å². The molecule has 29 heavy (non-hydrogen) atoms. The number of aromatic nitrogens is 3. The molecule has 1 amide bonds. The number of carbonyl (C=O) groups excluding carboxylic acids is 2. The summed E-state index contributed by atoms with van der Waals surface area (Å²) in [6, 6.07) is 9.84. The SMILES string of the molecule is COc1ccccc1NC(=O)Cc1noc(COC(=O)c2nc(Cl)ccc2Cl)n1. The van der Waals surface area contributed by atoms with Crippen molar-refractivity contribution in [2.45, 2.75) is 13.0 Å². The Morgan fingerprint density at radius 1 is 1.14 bits per heavy atom. The molecule has 0 atom stereocenters. The second-order valence-electron chi connectivity index (χ2n) is 5.57. The van der Waals surface area contributed by atoms with Gasteiger partial charge < -0.3 is 19.3 Å². The lowest BCUT2D eigenvalue weighted by Gasteiger charge is -2.08. The molecule has 2 heterocycles. The minimum absolute atomic E-state index is 0.0107. The van der Waals surface area contributed by atoms with Gasteiger partial charge in [0.2, 0.25) is 5.91 Å². The molecule has 150 valence electrons. The highest BCUT2D eigenvalue weighted by Crippen LogP contribution is 2.23. The van der Waals surface area contributed by atoms with Gasteiger partial charge >= 0.3 is 5.97 Å². The van der Waals surface area contributed by atoms with Crippen LogP contribution in [0.1, 0.15) is 22.2 Å². The summed E-state index contributed by atoms with van der Waals surface area (Å²) in [5.74, 6) is -0.506. The van der Waals surface area contributed by atoms with Crippen molar-refractivity contribution in [3.8, 4) is 5.75 Å². The molecule has 1 aromatic carbocycles. The van der Waals surface area contributed by atoms with E-state index in [9.17, 15) is 9.59 Å². The average Bonchev–Trinajstić information content (AvgIpc) is 3.15. The van der Waals surface area contributed by atoms with Gasteiger partial charge in [-0.2, -0.15) is 4.98 Å². The van der Waals surface area contributed by atoms with Gasteiger partial charge in [0.15, 0.2) is 18.1 Å². The number of benzene rings is 1. The Labute approximate surface area is 174 Å². The molecule has 0 saturated heterocycles. The van der Waals surface area contributed by atoms with Gasteiger partial charge in [-0.25, -0.2) is 9.78 Å². The minimum atomic E-state index is -0.800. The number of carbonyl (C=O) groups is 2. The summed E-state index contributed by atoms with van der Waals surface area (Å²) in [5, 5.41) is 6.58. The largest absolute Gasteiger partial charge is 0.495 e. The van der Waals surface area contributed by atoms with Gasteiger partial charge in [0, 0.05) is 0 Å². The molecular formula is C18H14Cl2N4O5. The first-order valence-electron chi connectivity index (χ1n) is 8.19. The first-order chi connectivity index (χ1) is 14.0. The summed E-state index contributed by atoms with van der Waals surface area (Å²) in [4.78, 5) is 32.0. The topological polar surface area (TPSA) is 116 Å². The molecule has 3 aromatic rings. The maximum absolute atomic E-state index is 12.2. The lowest BCUT2D eigenvalue weighted by molar-refractivity contribution is -0.115. The summed E-state index contributed by atoms with van der Waals surface area (Å²) >= 11 is 11.6. The number of esters is 1. The molecule has 0 fully saturated rings. The Balaban J connectivity index is 1.56. The normalized spacial score (nSPS) is 10.4. The molecule has 0 aliphatic carbocycles. The van der Waals surface area contributed by atoms with E-state index in [1.54, 1.807) is 24.3 Å². The van der Waals surface area contributed by atoms with Crippen molar-refractivity contribution < 1.29 is 23.6 Å². The first-order valence-corrected chi connectivity index (χ1v) is 8.95. The molecule has 0 aliphatic rings. The van der Waals surface area contributed by atoms with Crippen LogP contribution < -0.4 is 10.1 Å². The van der Waals surface area contributed by atoms with Crippen molar-refractivity contribution >= 4 is 40.8 Å². The summed E-state index contributed by atoms with van der Waals surface area (Å²) in [5.41, 5.74) is 0.388. The van der Waals surface area contributed by atoms with Crippen LogP contribution in [-0.2, 0) is 22.6 Å². The maximum atomic E-state index is 12.2. The van der Waals surface area contributed by atoms with Crippen molar-refractivity contribution in [3.05, 3.63) is 64.0 Å². The highest BCUT2D eigenvalue weighted by Gasteiger charge is 2.17. The van der Waals surface area contributed by atoms with Crippen molar-refractivity contribution in [2.24, 2.45) is 0 Å². The quantitative estimate of drug-likeness (QED) is 0.442. The summed E-state index contributed by atoms with van der Waals surface area (Å²) in [6.45, 7) is -0.315. The van der Waals surface area contributed by atoms with Crippen LogP contribution in [0.4, 0.5) is 5.69 Å². The van der Waals surface area contributed by atoms with Crippen LogP contribution >= 0.6 is 23.2 Å². The van der Waals surface area contributed by atoms with E-state index in [1.165, 1.54) is 19.2 Å². The molecule has 11 heteroatoms. The monoisotopic (exact) mass is 436 g/mol. The molecule has 9 nitrogen and oxygen atoms in total. The smallest absolute Gasteiger partial charge is 0.359 e. The standard InChI is InChI=1S/C18H14Cl2N4O5/c1-27-12-5-3-2-4-11(12)21-15(25)8-14-23-16(29-24-14)9-28-18(26)17-10(19)6-7-13(20)22-17/h2-7H,8-9H2,1H3,(H,21,25). The van der Waals surface area contributed by atoms with E-state index in [1.807, 2.05) is 0 Å². The van der Waals surface area contributed by atoms with E-state index >= 15 is 0 Å². The van der Waals surface area contributed by atoms with Crippen molar-refractivity contribution in [2.75, 3.05) is 12.4 Å². The van der Waals surface area contributed by atoms with E-state index in [4.69, 9.17) is 37.2 Å². The zero-order valence-corrected chi connectivity index (χ0v) is 16.5. The number of pyridine rings is 1. The number of hydrogen-bond acceptors (Lipinski definition) is 8. The van der Waals surface area contributed by atoms with Gasteiger partial charge in [0.1, 0.15) is 10.9 Å². The van der Waals surface area contributed by atoms with Crippen molar-refractivity contribution in [1.29, 1.82) is 0 Å². The van der Waals surface area contributed by atoms with E-state index in [0.717, 1.165) is 0 Å². The van der Waals surface area contributed by atoms with Gasteiger partial charge in [-0.15, -0.1) is 0 Å². The first kappa shape index (κ1) is 20.6. The fraction of sp³-hybridized carbons (Fsp3) is 0.167. The van der Waals surface area contributed by atoms with Crippen LogP contribution in [0.3, 0.4) is 0 Å². The molecule has 0 radical (unpaired) electrons. The Kier molecular flexibility index (Phi) is 6.63. The number of nitrogens with one attached hydrogen (secondary N) is 1. The highest BCUT2D eigenvalue weighted by atomic mass is 35.5. The van der Waals surface area contributed by atoms with Crippen LogP contribution in [0.5, 0.6) is 5.75 Å². The number of amides is 1.